The number of ether oxygens (including phenoxy) is 1. The molecule has 2 rings (SSSR count). The van der Waals surface area contributed by atoms with Crippen LogP contribution in [0.2, 0.25) is 5.02 Å². The second-order valence-corrected chi connectivity index (χ2v) is 9.30. The van der Waals surface area contributed by atoms with Crippen molar-refractivity contribution < 1.29 is 17.9 Å². The van der Waals surface area contributed by atoms with Gasteiger partial charge in [0.2, 0.25) is 15.9 Å². The number of benzene rings is 1. The van der Waals surface area contributed by atoms with E-state index >= 15 is 0 Å². The lowest BCUT2D eigenvalue weighted by atomic mass is 9.98. The van der Waals surface area contributed by atoms with Crippen molar-refractivity contribution in [3.63, 3.8) is 0 Å². The van der Waals surface area contributed by atoms with Gasteiger partial charge in [0.25, 0.3) is 0 Å². The van der Waals surface area contributed by atoms with Crippen molar-refractivity contribution in [2.45, 2.75) is 51.6 Å². The Balaban J connectivity index is 1.83. The van der Waals surface area contributed by atoms with Crippen molar-refractivity contribution in [3.8, 4) is 0 Å². The van der Waals surface area contributed by atoms with Crippen LogP contribution in [-0.4, -0.2) is 46.4 Å². The molecule has 0 bridgehead atoms. The van der Waals surface area contributed by atoms with E-state index in [0.717, 1.165) is 23.4 Å². The largest absolute Gasteiger partial charge is 0.378 e. The summed E-state index contributed by atoms with van der Waals surface area (Å²) in [6.45, 7) is 2.52. The highest BCUT2D eigenvalue weighted by Crippen LogP contribution is 2.28. The molecule has 1 aliphatic rings. The van der Waals surface area contributed by atoms with Gasteiger partial charge in [0.05, 0.1) is 18.0 Å². The Hall–Kier alpha value is -1.31. The van der Waals surface area contributed by atoms with E-state index in [9.17, 15) is 13.2 Å². The van der Waals surface area contributed by atoms with Crippen LogP contribution in [0.25, 0.3) is 0 Å². The second-order valence-electron chi connectivity index (χ2n) is 6.99. The Bertz CT molecular complexity index is 733. The van der Waals surface area contributed by atoms with Gasteiger partial charge in [0, 0.05) is 18.2 Å². The van der Waals surface area contributed by atoms with E-state index in [-0.39, 0.29) is 12.5 Å². The minimum absolute atomic E-state index is 0.274. The Labute approximate surface area is 167 Å². The molecule has 1 aromatic rings. The van der Waals surface area contributed by atoms with Gasteiger partial charge in [-0.3, -0.25) is 9.10 Å². The molecular formula is C19H29ClN2O4S. The zero-order valence-corrected chi connectivity index (χ0v) is 17.6. The zero-order valence-electron chi connectivity index (χ0n) is 16.0. The minimum atomic E-state index is -3.61. The summed E-state index contributed by atoms with van der Waals surface area (Å²) in [7, 11) is -3.61. The molecule has 0 unspecified atom stereocenters. The summed E-state index contributed by atoms with van der Waals surface area (Å²) in [5.74, 6) is -0.350. The topological polar surface area (TPSA) is 75.7 Å². The van der Waals surface area contributed by atoms with Gasteiger partial charge in [-0.1, -0.05) is 36.9 Å². The lowest BCUT2D eigenvalue weighted by molar-refractivity contribution is -0.119. The van der Waals surface area contributed by atoms with Crippen molar-refractivity contribution in [3.05, 3.63) is 28.8 Å². The highest BCUT2D eigenvalue weighted by Gasteiger charge is 2.23. The highest BCUT2D eigenvalue weighted by molar-refractivity contribution is 7.92. The first kappa shape index (κ1) is 22.0. The molecule has 152 valence electrons. The van der Waals surface area contributed by atoms with E-state index in [1.54, 1.807) is 25.1 Å². The Morgan fingerprint density at radius 2 is 2.00 bits per heavy atom. The SMILES string of the molecule is Cc1c(Cl)cccc1N(CC(=O)NCCCOC1CCCCC1)S(C)(=O)=O. The predicted molar refractivity (Wildman–Crippen MR) is 109 cm³/mol. The number of carbonyl (C=O) groups excluding carboxylic acids is 1. The van der Waals surface area contributed by atoms with E-state index in [2.05, 4.69) is 5.32 Å². The molecule has 0 spiro atoms. The second kappa shape index (κ2) is 10.3. The normalized spacial score (nSPS) is 15.5. The van der Waals surface area contributed by atoms with Crippen molar-refractivity contribution in [1.29, 1.82) is 0 Å². The third-order valence-corrected chi connectivity index (χ3v) is 6.28. The Morgan fingerprint density at radius 1 is 1.30 bits per heavy atom. The summed E-state index contributed by atoms with van der Waals surface area (Å²) in [5.41, 5.74) is 1.04. The van der Waals surface area contributed by atoms with Crippen molar-refractivity contribution in [2.75, 3.05) is 30.3 Å². The summed E-state index contributed by atoms with van der Waals surface area (Å²) >= 11 is 6.09. The molecule has 1 fully saturated rings. The standard InChI is InChI=1S/C19H29ClN2O4S/c1-15-17(20)10-6-11-18(15)22(27(2,24)25)14-19(23)21-12-7-13-26-16-8-4-3-5-9-16/h6,10-11,16H,3-5,7-9,12-14H2,1-2H3,(H,21,23). The number of rotatable bonds is 9. The van der Waals surface area contributed by atoms with Gasteiger partial charge in [-0.15, -0.1) is 0 Å². The van der Waals surface area contributed by atoms with Gasteiger partial charge >= 0.3 is 0 Å². The molecule has 1 saturated carbocycles. The van der Waals surface area contributed by atoms with Gasteiger partial charge in [-0.2, -0.15) is 0 Å². The Morgan fingerprint density at radius 3 is 2.67 bits per heavy atom. The van der Waals surface area contributed by atoms with Gasteiger partial charge in [0.1, 0.15) is 6.54 Å². The summed E-state index contributed by atoms with van der Waals surface area (Å²) in [5, 5.41) is 3.23. The molecule has 1 amide bonds. The van der Waals surface area contributed by atoms with Crippen molar-refractivity contribution >= 4 is 33.2 Å². The number of nitrogens with one attached hydrogen (secondary N) is 1. The number of sulfonamides is 1. The summed E-state index contributed by atoms with van der Waals surface area (Å²) in [6, 6.07) is 5.00. The van der Waals surface area contributed by atoms with E-state index in [1.165, 1.54) is 19.3 Å². The van der Waals surface area contributed by atoms with Gasteiger partial charge < -0.3 is 10.1 Å². The number of nitrogens with zero attached hydrogens (tertiary/aromatic N) is 1. The van der Waals surface area contributed by atoms with Crippen LogP contribution in [0.15, 0.2) is 18.2 Å². The van der Waals surface area contributed by atoms with Crippen LogP contribution in [0.1, 0.15) is 44.1 Å². The number of hydrogen-bond acceptors (Lipinski definition) is 4. The van der Waals surface area contributed by atoms with E-state index in [1.807, 2.05) is 0 Å². The average Bonchev–Trinajstić information content (AvgIpc) is 2.62. The average molecular weight is 417 g/mol. The number of halogens is 1. The first-order valence-electron chi connectivity index (χ1n) is 9.40. The summed E-state index contributed by atoms with van der Waals surface area (Å²) < 4.78 is 31.2. The van der Waals surface area contributed by atoms with Crippen LogP contribution in [-0.2, 0) is 19.6 Å². The van der Waals surface area contributed by atoms with Crippen LogP contribution in [0.4, 0.5) is 5.69 Å². The third kappa shape index (κ3) is 6.97. The molecular weight excluding hydrogens is 388 g/mol. The zero-order chi connectivity index (χ0) is 19.9. The molecule has 27 heavy (non-hydrogen) atoms. The third-order valence-electron chi connectivity index (χ3n) is 4.74. The van der Waals surface area contributed by atoms with Crippen LogP contribution in [0.5, 0.6) is 0 Å². The van der Waals surface area contributed by atoms with E-state index in [4.69, 9.17) is 16.3 Å². The predicted octanol–water partition coefficient (Wildman–Crippen LogP) is 3.27. The van der Waals surface area contributed by atoms with Gasteiger partial charge in [-0.25, -0.2) is 8.42 Å². The number of carbonyl (C=O) groups is 1. The molecule has 1 aromatic carbocycles. The molecule has 0 heterocycles. The van der Waals surface area contributed by atoms with Crippen LogP contribution < -0.4 is 9.62 Å². The van der Waals surface area contributed by atoms with E-state index < -0.39 is 10.0 Å². The molecule has 8 heteroatoms. The van der Waals surface area contributed by atoms with Crippen molar-refractivity contribution in [2.24, 2.45) is 0 Å². The van der Waals surface area contributed by atoms with E-state index in [0.29, 0.717) is 41.9 Å². The molecule has 1 aliphatic carbocycles. The molecule has 0 saturated heterocycles. The molecule has 0 aliphatic heterocycles. The lowest BCUT2D eigenvalue weighted by Gasteiger charge is -2.24. The first-order valence-corrected chi connectivity index (χ1v) is 11.6. The van der Waals surface area contributed by atoms with Crippen LogP contribution in [0, 0.1) is 6.92 Å². The number of hydrogen-bond donors (Lipinski definition) is 1. The fourth-order valence-electron chi connectivity index (χ4n) is 3.22. The maximum atomic E-state index is 12.2. The fourth-order valence-corrected chi connectivity index (χ4v) is 4.29. The Kier molecular flexibility index (Phi) is 8.38. The fraction of sp³-hybridized carbons (Fsp3) is 0.632. The summed E-state index contributed by atoms with van der Waals surface area (Å²) in [4.78, 5) is 12.2. The molecule has 6 nitrogen and oxygen atoms in total. The van der Waals surface area contributed by atoms with Gasteiger partial charge in [0.15, 0.2) is 0 Å². The maximum absolute atomic E-state index is 12.2. The lowest BCUT2D eigenvalue weighted by Crippen LogP contribution is -2.41. The van der Waals surface area contributed by atoms with Gasteiger partial charge in [-0.05, 0) is 43.9 Å². The first-order chi connectivity index (χ1) is 12.8. The number of anilines is 1. The quantitative estimate of drug-likeness (QED) is 0.627. The maximum Gasteiger partial charge on any atom is 0.240 e. The smallest absolute Gasteiger partial charge is 0.240 e. The summed E-state index contributed by atoms with van der Waals surface area (Å²) in [6.07, 6.45) is 8.12. The van der Waals surface area contributed by atoms with Crippen LogP contribution in [0.3, 0.4) is 0 Å². The molecule has 1 N–H and O–H groups in total. The molecule has 0 atom stereocenters. The highest BCUT2D eigenvalue weighted by atomic mass is 35.5. The minimum Gasteiger partial charge on any atom is -0.378 e. The monoisotopic (exact) mass is 416 g/mol. The van der Waals surface area contributed by atoms with Crippen molar-refractivity contribution in [1.82, 2.24) is 5.32 Å². The molecule has 0 radical (unpaired) electrons. The van der Waals surface area contributed by atoms with Crippen LogP contribution >= 0.6 is 11.6 Å². The molecule has 0 aromatic heterocycles. The number of amides is 1.